The Morgan fingerprint density at radius 1 is 1.26 bits per heavy atom. The van der Waals surface area contributed by atoms with Crippen molar-refractivity contribution in [2.24, 2.45) is 17.8 Å². The van der Waals surface area contributed by atoms with E-state index in [0.29, 0.717) is 31.5 Å². The Morgan fingerprint density at radius 2 is 1.95 bits per heavy atom. The summed E-state index contributed by atoms with van der Waals surface area (Å²) >= 11 is 0. The van der Waals surface area contributed by atoms with Crippen LogP contribution in [0.4, 0.5) is 0 Å². The van der Waals surface area contributed by atoms with Crippen LogP contribution in [0.15, 0.2) is 0 Å². The van der Waals surface area contributed by atoms with E-state index in [0.717, 1.165) is 12.8 Å². The van der Waals surface area contributed by atoms with Crippen LogP contribution in [-0.4, -0.2) is 35.7 Å². The first-order valence-corrected chi connectivity index (χ1v) is 7.23. The summed E-state index contributed by atoms with van der Waals surface area (Å²) in [6, 6.07) is 0. The molecule has 0 spiro atoms. The molecule has 3 rings (SSSR count). The lowest BCUT2D eigenvalue weighted by atomic mass is 9.94. The highest BCUT2D eigenvalue weighted by molar-refractivity contribution is 5.84. The fourth-order valence-corrected chi connectivity index (χ4v) is 3.90. The highest BCUT2D eigenvalue weighted by Gasteiger charge is 2.56. The molecule has 0 aromatic carbocycles. The molecule has 106 valence electrons. The molecule has 0 aromatic heterocycles. The molecule has 1 amide bonds. The van der Waals surface area contributed by atoms with Crippen LogP contribution in [0.25, 0.3) is 0 Å². The van der Waals surface area contributed by atoms with Gasteiger partial charge in [0.15, 0.2) is 0 Å². The van der Waals surface area contributed by atoms with E-state index in [1.165, 1.54) is 12.8 Å². The Bertz CT molecular complexity index is 377. The third kappa shape index (κ3) is 2.48. The zero-order valence-electron chi connectivity index (χ0n) is 11.1. The van der Waals surface area contributed by atoms with Gasteiger partial charge < -0.3 is 15.2 Å². The van der Waals surface area contributed by atoms with Gasteiger partial charge in [-0.05, 0) is 31.1 Å². The van der Waals surface area contributed by atoms with Gasteiger partial charge in [0.05, 0.1) is 18.6 Å². The van der Waals surface area contributed by atoms with Crippen molar-refractivity contribution in [2.45, 2.75) is 44.1 Å². The number of rotatable bonds is 4. The molecule has 3 fully saturated rings. The lowest BCUT2D eigenvalue weighted by molar-refractivity contribution is -0.139. The van der Waals surface area contributed by atoms with Crippen molar-refractivity contribution in [3.8, 4) is 0 Å². The minimum absolute atomic E-state index is 0.0409. The van der Waals surface area contributed by atoms with Gasteiger partial charge in [-0.1, -0.05) is 12.8 Å². The highest BCUT2D eigenvalue weighted by Crippen LogP contribution is 2.55. The van der Waals surface area contributed by atoms with Crippen molar-refractivity contribution < 1.29 is 19.4 Å². The molecular weight excluding hydrogens is 246 g/mol. The highest BCUT2D eigenvalue weighted by atomic mass is 16.5. The second-order valence-electron chi connectivity index (χ2n) is 6.28. The van der Waals surface area contributed by atoms with E-state index in [1.807, 2.05) is 0 Å². The van der Waals surface area contributed by atoms with Gasteiger partial charge in [-0.15, -0.1) is 0 Å². The number of fused-ring (bicyclic) bond motifs is 1. The van der Waals surface area contributed by atoms with Gasteiger partial charge in [0.2, 0.25) is 5.91 Å². The molecule has 5 nitrogen and oxygen atoms in total. The summed E-state index contributed by atoms with van der Waals surface area (Å²) in [5.41, 5.74) is -0.672. The molecule has 2 saturated carbocycles. The predicted octanol–water partition coefficient (Wildman–Crippen LogP) is 1.17. The molecule has 19 heavy (non-hydrogen) atoms. The van der Waals surface area contributed by atoms with Gasteiger partial charge >= 0.3 is 5.97 Å². The fraction of sp³-hybridized carbons (Fsp3) is 0.857. The summed E-state index contributed by atoms with van der Waals surface area (Å²) in [4.78, 5) is 23.3. The van der Waals surface area contributed by atoms with Crippen molar-refractivity contribution >= 4 is 11.9 Å². The first-order valence-electron chi connectivity index (χ1n) is 7.23. The normalized spacial score (nSPS) is 40.5. The Labute approximate surface area is 112 Å². The zero-order chi connectivity index (χ0) is 13.5. The van der Waals surface area contributed by atoms with E-state index in [4.69, 9.17) is 9.84 Å². The zero-order valence-corrected chi connectivity index (χ0v) is 11.1. The molecule has 0 aromatic rings. The minimum atomic E-state index is -0.876. The molecule has 2 aliphatic carbocycles. The fourth-order valence-electron chi connectivity index (χ4n) is 3.90. The number of carbonyl (C=O) groups is 2. The van der Waals surface area contributed by atoms with Gasteiger partial charge in [-0.3, -0.25) is 9.59 Å². The van der Waals surface area contributed by atoms with Crippen LogP contribution in [0, 0.1) is 17.8 Å². The maximum absolute atomic E-state index is 12.4. The molecule has 0 radical (unpaired) electrons. The number of carbonyl (C=O) groups excluding carboxylic acids is 1. The lowest BCUT2D eigenvalue weighted by Gasteiger charge is -2.27. The van der Waals surface area contributed by atoms with Gasteiger partial charge in [0.25, 0.3) is 0 Å². The van der Waals surface area contributed by atoms with Gasteiger partial charge in [0.1, 0.15) is 0 Å². The van der Waals surface area contributed by atoms with Crippen molar-refractivity contribution in [3.63, 3.8) is 0 Å². The third-order valence-electron chi connectivity index (χ3n) is 4.94. The second-order valence-corrected chi connectivity index (χ2v) is 6.28. The Kier molecular flexibility index (Phi) is 3.25. The monoisotopic (exact) mass is 267 g/mol. The summed E-state index contributed by atoms with van der Waals surface area (Å²) in [5, 5.41) is 12.0. The molecule has 1 aliphatic heterocycles. The van der Waals surface area contributed by atoms with Gasteiger partial charge in [-0.2, -0.15) is 0 Å². The number of amides is 1. The largest absolute Gasteiger partial charge is 0.481 e. The average Bonchev–Trinajstić information content (AvgIpc) is 2.93. The molecule has 5 heteroatoms. The molecule has 3 unspecified atom stereocenters. The van der Waals surface area contributed by atoms with E-state index >= 15 is 0 Å². The summed E-state index contributed by atoms with van der Waals surface area (Å²) < 4.78 is 5.30. The number of carboxylic acids is 1. The predicted molar refractivity (Wildman–Crippen MR) is 67.5 cm³/mol. The quantitative estimate of drug-likeness (QED) is 0.801. The first-order chi connectivity index (χ1) is 9.11. The molecule has 1 saturated heterocycles. The van der Waals surface area contributed by atoms with Crippen molar-refractivity contribution in [3.05, 3.63) is 0 Å². The van der Waals surface area contributed by atoms with E-state index in [1.54, 1.807) is 0 Å². The number of ether oxygens (including phenoxy) is 1. The molecule has 1 heterocycles. The number of aliphatic carboxylic acids is 1. The van der Waals surface area contributed by atoms with E-state index in [9.17, 15) is 9.59 Å². The topological polar surface area (TPSA) is 75.6 Å². The first kappa shape index (κ1) is 12.9. The Hall–Kier alpha value is -1.10. The van der Waals surface area contributed by atoms with Crippen LogP contribution >= 0.6 is 0 Å². The summed E-state index contributed by atoms with van der Waals surface area (Å²) in [7, 11) is 0. The second kappa shape index (κ2) is 4.78. The lowest BCUT2D eigenvalue weighted by Crippen LogP contribution is -2.51. The number of hydrogen-bond donors (Lipinski definition) is 2. The third-order valence-corrected chi connectivity index (χ3v) is 4.94. The summed E-state index contributed by atoms with van der Waals surface area (Å²) in [6.45, 7) is 0.859. The standard InChI is InChI=1S/C14H21NO4/c16-11(17)7-14(5-6-19-8-14)15-13(18)12-9-3-1-2-4-10(9)12/h9-10,12H,1-8H2,(H,15,18)(H,16,17). The number of nitrogens with one attached hydrogen (secondary N) is 1. The summed E-state index contributed by atoms with van der Waals surface area (Å²) in [6.07, 6.45) is 5.34. The van der Waals surface area contributed by atoms with Crippen LogP contribution in [-0.2, 0) is 14.3 Å². The Morgan fingerprint density at radius 3 is 2.47 bits per heavy atom. The van der Waals surface area contributed by atoms with Gasteiger partial charge in [-0.25, -0.2) is 0 Å². The van der Waals surface area contributed by atoms with Crippen molar-refractivity contribution in [1.82, 2.24) is 5.32 Å². The SMILES string of the molecule is O=C(O)CC1(NC(=O)C2C3CCCCC32)CCOC1. The molecular formula is C14H21NO4. The Balaban J connectivity index is 1.62. The smallest absolute Gasteiger partial charge is 0.305 e. The van der Waals surface area contributed by atoms with E-state index in [-0.39, 0.29) is 18.2 Å². The number of hydrogen-bond acceptors (Lipinski definition) is 3. The molecule has 2 N–H and O–H groups in total. The molecule has 3 atom stereocenters. The van der Waals surface area contributed by atoms with Crippen LogP contribution in [0.3, 0.4) is 0 Å². The van der Waals surface area contributed by atoms with Crippen molar-refractivity contribution in [1.29, 1.82) is 0 Å². The number of carboxylic acid groups (broad SMARTS) is 1. The average molecular weight is 267 g/mol. The van der Waals surface area contributed by atoms with Crippen LogP contribution in [0.1, 0.15) is 38.5 Å². The molecule has 0 bridgehead atoms. The van der Waals surface area contributed by atoms with E-state index < -0.39 is 11.5 Å². The van der Waals surface area contributed by atoms with Crippen molar-refractivity contribution in [2.75, 3.05) is 13.2 Å². The minimum Gasteiger partial charge on any atom is -0.481 e. The maximum Gasteiger partial charge on any atom is 0.305 e. The maximum atomic E-state index is 12.4. The van der Waals surface area contributed by atoms with Crippen LogP contribution in [0.5, 0.6) is 0 Å². The van der Waals surface area contributed by atoms with E-state index in [2.05, 4.69) is 5.32 Å². The van der Waals surface area contributed by atoms with Crippen LogP contribution < -0.4 is 5.32 Å². The summed E-state index contributed by atoms with van der Waals surface area (Å²) in [5.74, 6) is 0.423. The van der Waals surface area contributed by atoms with Crippen LogP contribution in [0.2, 0.25) is 0 Å². The molecule has 3 aliphatic rings. The van der Waals surface area contributed by atoms with Gasteiger partial charge in [0, 0.05) is 12.5 Å².